The second-order valence-electron chi connectivity index (χ2n) is 4.41. The number of halogens is 1. The van der Waals surface area contributed by atoms with E-state index in [9.17, 15) is 4.79 Å². The summed E-state index contributed by atoms with van der Waals surface area (Å²) in [6, 6.07) is 9.32. The number of hydrogen-bond donors (Lipinski definition) is 1. The molecule has 0 bridgehead atoms. The molecule has 3 rings (SSSR count). The van der Waals surface area contributed by atoms with E-state index in [0.717, 1.165) is 15.0 Å². The van der Waals surface area contributed by atoms with Crippen LogP contribution in [-0.2, 0) is 0 Å². The van der Waals surface area contributed by atoms with Gasteiger partial charge in [-0.2, -0.15) is 0 Å². The Bertz CT molecular complexity index is 696. The number of oxime groups is 1. The second kappa shape index (κ2) is 5.38. The van der Waals surface area contributed by atoms with Gasteiger partial charge in [0.15, 0.2) is 0 Å². The van der Waals surface area contributed by atoms with E-state index in [2.05, 4.69) is 21.1 Å². The molecule has 0 saturated heterocycles. The molecule has 1 aliphatic rings. The van der Waals surface area contributed by atoms with Crippen molar-refractivity contribution in [1.82, 2.24) is 0 Å². The molecule has 1 amide bonds. The predicted molar refractivity (Wildman–Crippen MR) is 83.1 cm³/mol. The van der Waals surface area contributed by atoms with Crippen molar-refractivity contribution in [2.75, 3.05) is 11.4 Å². The summed E-state index contributed by atoms with van der Waals surface area (Å²) >= 11 is 4.86. The van der Waals surface area contributed by atoms with Crippen LogP contribution in [0.5, 0.6) is 0 Å². The first kappa shape index (κ1) is 13.3. The maximum absolute atomic E-state index is 12.6. The van der Waals surface area contributed by atoms with Crippen LogP contribution in [-0.4, -0.2) is 23.4 Å². The molecule has 0 atom stereocenters. The summed E-state index contributed by atoms with van der Waals surface area (Å²) in [5.41, 5.74) is 2.89. The van der Waals surface area contributed by atoms with Crippen molar-refractivity contribution in [2.45, 2.75) is 6.42 Å². The topological polar surface area (TPSA) is 52.9 Å². The first-order chi connectivity index (χ1) is 9.70. The molecule has 6 heteroatoms. The molecule has 1 N–H and O–H groups in total. The van der Waals surface area contributed by atoms with E-state index in [1.807, 2.05) is 35.7 Å². The standard InChI is InChI=1S/C14H11BrN2O2S/c15-13-7-9(8-20-13)14(18)17-6-5-11(16-19)10-3-1-2-4-12(10)17/h1-4,7-8,19H,5-6H2/b16-11-. The fourth-order valence-corrected chi connectivity index (χ4v) is 3.45. The molecule has 4 nitrogen and oxygen atoms in total. The van der Waals surface area contributed by atoms with Crippen LogP contribution in [0.15, 0.2) is 44.7 Å². The molecule has 0 fully saturated rings. The van der Waals surface area contributed by atoms with E-state index in [0.29, 0.717) is 24.2 Å². The summed E-state index contributed by atoms with van der Waals surface area (Å²) in [6.45, 7) is 0.517. The molecule has 1 aliphatic heterocycles. The minimum atomic E-state index is -0.0311. The smallest absolute Gasteiger partial charge is 0.259 e. The Morgan fingerprint density at radius 2 is 2.20 bits per heavy atom. The van der Waals surface area contributed by atoms with Crippen molar-refractivity contribution in [3.05, 3.63) is 50.6 Å². The minimum absolute atomic E-state index is 0.0311. The Kier molecular flexibility index (Phi) is 3.58. The van der Waals surface area contributed by atoms with Crippen molar-refractivity contribution in [3.63, 3.8) is 0 Å². The summed E-state index contributed by atoms with van der Waals surface area (Å²) in [4.78, 5) is 14.3. The van der Waals surface area contributed by atoms with Gasteiger partial charge in [-0.3, -0.25) is 4.79 Å². The van der Waals surface area contributed by atoms with Crippen LogP contribution in [0.25, 0.3) is 0 Å². The number of amides is 1. The Balaban J connectivity index is 2.02. The number of rotatable bonds is 1. The largest absolute Gasteiger partial charge is 0.411 e. The molecule has 1 aromatic heterocycles. The summed E-state index contributed by atoms with van der Waals surface area (Å²) in [7, 11) is 0. The van der Waals surface area contributed by atoms with Gasteiger partial charge in [0.2, 0.25) is 0 Å². The molecular formula is C14H11BrN2O2S. The van der Waals surface area contributed by atoms with Crippen LogP contribution >= 0.6 is 27.3 Å². The highest BCUT2D eigenvalue weighted by Crippen LogP contribution is 2.30. The normalized spacial score (nSPS) is 16.2. The lowest BCUT2D eigenvalue weighted by Crippen LogP contribution is -2.37. The van der Waals surface area contributed by atoms with Gasteiger partial charge in [0.1, 0.15) is 0 Å². The molecule has 0 radical (unpaired) electrons. The number of carbonyl (C=O) groups is 1. The summed E-state index contributed by atoms with van der Waals surface area (Å²) in [5.74, 6) is -0.0311. The average Bonchev–Trinajstić information content (AvgIpc) is 2.92. The number of nitrogens with zero attached hydrogens (tertiary/aromatic N) is 2. The van der Waals surface area contributed by atoms with Gasteiger partial charge in [-0.1, -0.05) is 23.4 Å². The molecule has 0 saturated carbocycles. The zero-order valence-corrected chi connectivity index (χ0v) is 12.8. The molecular weight excluding hydrogens is 340 g/mol. The predicted octanol–water partition coefficient (Wildman–Crippen LogP) is 3.74. The van der Waals surface area contributed by atoms with Crippen molar-refractivity contribution in [2.24, 2.45) is 5.16 Å². The van der Waals surface area contributed by atoms with Crippen molar-refractivity contribution < 1.29 is 10.0 Å². The third-order valence-electron chi connectivity index (χ3n) is 3.26. The van der Waals surface area contributed by atoms with Gasteiger partial charge in [-0.05, 0) is 28.1 Å². The first-order valence-corrected chi connectivity index (χ1v) is 7.74. The summed E-state index contributed by atoms with van der Waals surface area (Å²) in [6.07, 6.45) is 0.546. The van der Waals surface area contributed by atoms with Crippen LogP contribution in [0, 0.1) is 0 Å². The van der Waals surface area contributed by atoms with Crippen LogP contribution in [0.2, 0.25) is 0 Å². The van der Waals surface area contributed by atoms with Gasteiger partial charge in [-0.25, -0.2) is 0 Å². The van der Waals surface area contributed by atoms with Crippen LogP contribution in [0.4, 0.5) is 5.69 Å². The molecule has 0 spiro atoms. The number of para-hydroxylation sites is 1. The van der Waals surface area contributed by atoms with Gasteiger partial charge >= 0.3 is 0 Å². The first-order valence-electron chi connectivity index (χ1n) is 6.07. The van der Waals surface area contributed by atoms with Gasteiger partial charge < -0.3 is 10.1 Å². The van der Waals surface area contributed by atoms with E-state index < -0.39 is 0 Å². The maximum atomic E-state index is 12.6. The van der Waals surface area contributed by atoms with E-state index >= 15 is 0 Å². The molecule has 20 heavy (non-hydrogen) atoms. The Morgan fingerprint density at radius 1 is 1.40 bits per heavy atom. The maximum Gasteiger partial charge on any atom is 0.259 e. The highest BCUT2D eigenvalue weighted by Gasteiger charge is 2.27. The molecule has 0 aliphatic carbocycles. The van der Waals surface area contributed by atoms with E-state index in [1.54, 1.807) is 4.90 Å². The fraction of sp³-hybridized carbons (Fsp3) is 0.143. The van der Waals surface area contributed by atoms with Gasteiger partial charge in [0, 0.05) is 23.9 Å². The number of anilines is 1. The van der Waals surface area contributed by atoms with Crippen LogP contribution in [0.3, 0.4) is 0 Å². The number of fused-ring (bicyclic) bond motifs is 1. The summed E-state index contributed by atoms with van der Waals surface area (Å²) in [5, 5.41) is 14.2. The molecule has 1 aromatic carbocycles. The highest BCUT2D eigenvalue weighted by atomic mass is 79.9. The zero-order valence-electron chi connectivity index (χ0n) is 10.4. The second-order valence-corrected chi connectivity index (χ2v) is 6.70. The Morgan fingerprint density at radius 3 is 2.90 bits per heavy atom. The van der Waals surface area contributed by atoms with Crippen molar-refractivity contribution >= 4 is 44.6 Å². The lowest BCUT2D eigenvalue weighted by atomic mass is 9.99. The molecule has 102 valence electrons. The van der Waals surface area contributed by atoms with Gasteiger partial charge in [0.05, 0.1) is 20.7 Å². The van der Waals surface area contributed by atoms with Crippen molar-refractivity contribution in [1.29, 1.82) is 0 Å². The third kappa shape index (κ3) is 2.25. The average molecular weight is 351 g/mol. The van der Waals surface area contributed by atoms with Crippen molar-refractivity contribution in [3.8, 4) is 0 Å². The minimum Gasteiger partial charge on any atom is -0.411 e. The summed E-state index contributed by atoms with van der Waals surface area (Å²) < 4.78 is 0.934. The Hall–Kier alpha value is -1.66. The number of hydrogen-bond acceptors (Lipinski definition) is 4. The Labute approximate surface area is 128 Å². The molecule has 2 heterocycles. The lowest BCUT2D eigenvalue weighted by molar-refractivity contribution is 0.0987. The fourth-order valence-electron chi connectivity index (χ4n) is 2.32. The highest BCUT2D eigenvalue weighted by molar-refractivity contribution is 9.11. The SMILES string of the molecule is O=C(c1csc(Br)c1)N1CC/C(=N/O)c2ccccc21. The van der Waals surface area contributed by atoms with Gasteiger partial charge in [0.25, 0.3) is 5.91 Å². The van der Waals surface area contributed by atoms with Crippen LogP contribution in [0.1, 0.15) is 22.3 Å². The lowest BCUT2D eigenvalue weighted by Gasteiger charge is -2.29. The third-order valence-corrected chi connectivity index (χ3v) is 4.76. The molecule has 0 unspecified atom stereocenters. The molecule has 2 aromatic rings. The van der Waals surface area contributed by atoms with Crippen LogP contribution < -0.4 is 4.90 Å². The van der Waals surface area contributed by atoms with E-state index in [1.165, 1.54) is 11.3 Å². The number of benzene rings is 1. The number of carbonyl (C=O) groups excluding carboxylic acids is 1. The van der Waals surface area contributed by atoms with Gasteiger partial charge in [-0.15, -0.1) is 11.3 Å². The number of thiophene rings is 1. The van der Waals surface area contributed by atoms with E-state index in [-0.39, 0.29) is 5.91 Å². The van der Waals surface area contributed by atoms with E-state index in [4.69, 9.17) is 5.21 Å². The monoisotopic (exact) mass is 350 g/mol. The quantitative estimate of drug-likeness (QED) is 0.629. The zero-order chi connectivity index (χ0) is 14.1.